The van der Waals surface area contributed by atoms with Crippen LogP contribution in [-0.4, -0.2) is 18.9 Å². The van der Waals surface area contributed by atoms with Crippen molar-refractivity contribution in [3.8, 4) is 5.75 Å². The largest absolute Gasteiger partial charge is 0.497 e. The van der Waals surface area contributed by atoms with Crippen LogP contribution in [0.4, 0.5) is 5.69 Å². The van der Waals surface area contributed by atoms with Crippen molar-refractivity contribution >= 4 is 40.7 Å². The molecule has 2 rings (SSSR count). The minimum Gasteiger partial charge on any atom is -0.497 e. The van der Waals surface area contributed by atoms with E-state index in [1.54, 1.807) is 49.6 Å². The highest BCUT2D eigenvalue weighted by atomic mass is 35.5. The number of ether oxygens (including phenoxy) is 1. The van der Waals surface area contributed by atoms with Crippen LogP contribution in [0.3, 0.4) is 0 Å². The minimum absolute atomic E-state index is 0.130. The number of nitrogens with one attached hydrogen (secondary N) is 2. The van der Waals surface area contributed by atoms with E-state index in [2.05, 4.69) is 10.6 Å². The predicted octanol–water partition coefficient (Wildman–Crippen LogP) is 3.26. The van der Waals surface area contributed by atoms with Crippen LogP contribution in [-0.2, 0) is 16.1 Å². The van der Waals surface area contributed by atoms with Crippen molar-refractivity contribution in [1.29, 1.82) is 0 Å². The molecule has 0 spiro atoms. The van der Waals surface area contributed by atoms with Gasteiger partial charge in [-0.2, -0.15) is 0 Å². The monoisotopic (exact) mass is 352 g/mol. The zero-order valence-corrected chi connectivity index (χ0v) is 13.7. The summed E-state index contributed by atoms with van der Waals surface area (Å²) >= 11 is 11.8. The van der Waals surface area contributed by atoms with Crippen LogP contribution < -0.4 is 15.4 Å². The van der Waals surface area contributed by atoms with E-state index in [0.717, 1.165) is 0 Å². The van der Waals surface area contributed by atoms with Crippen molar-refractivity contribution in [2.75, 3.05) is 12.4 Å². The second-order valence-electron chi connectivity index (χ2n) is 4.60. The number of rotatable bonds is 4. The van der Waals surface area contributed by atoms with Gasteiger partial charge < -0.3 is 15.4 Å². The van der Waals surface area contributed by atoms with Gasteiger partial charge in [0, 0.05) is 22.3 Å². The highest BCUT2D eigenvalue weighted by Gasteiger charge is 2.14. The second kappa shape index (κ2) is 7.85. The predicted molar refractivity (Wildman–Crippen MR) is 89.9 cm³/mol. The van der Waals surface area contributed by atoms with E-state index >= 15 is 0 Å². The minimum atomic E-state index is -0.764. The van der Waals surface area contributed by atoms with Crippen LogP contribution in [0.15, 0.2) is 42.5 Å². The Hall–Kier alpha value is -2.24. The molecule has 0 heterocycles. The lowest BCUT2D eigenvalue weighted by Gasteiger charge is -2.08. The van der Waals surface area contributed by atoms with Gasteiger partial charge in [-0.3, -0.25) is 9.59 Å². The molecule has 0 unspecified atom stereocenters. The number of carbonyl (C=O) groups is 2. The molecule has 0 atom stereocenters. The summed E-state index contributed by atoms with van der Waals surface area (Å²) in [7, 11) is 1.54. The highest BCUT2D eigenvalue weighted by molar-refractivity contribution is 6.39. The molecule has 2 N–H and O–H groups in total. The summed E-state index contributed by atoms with van der Waals surface area (Å²) in [6.45, 7) is 0.130. The molecule has 0 aliphatic carbocycles. The van der Waals surface area contributed by atoms with Crippen LogP contribution in [0.2, 0.25) is 10.0 Å². The standard InChI is InChI=1S/C16H14Cl2N2O3/c1-23-13-6-4-12(5-7-13)20-16(22)15(21)19-9-10-2-3-11(17)8-14(10)18/h2-8H,9H2,1H3,(H,19,21)(H,20,22). The maximum absolute atomic E-state index is 11.8. The summed E-state index contributed by atoms with van der Waals surface area (Å²) in [5.74, 6) is -0.864. The van der Waals surface area contributed by atoms with E-state index in [0.29, 0.717) is 27.0 Å². The fraction of sp³-hybridized carbons (Fsp3) is 0.125. The number of hydrogen-bond donors (Lipinski definition) is 2. The number of methoxy groups -OCH3 is 1. The third-order valence-corrected chi connectivity index (χ3v) is 3.60. The Morgan fingerprint density at radius 2 is 1.74 bits per heavy atom. The topological polar surface area (TPSA) is 67.4 Å². The lowest BCUT2D eigenvalue weighted by atomic mass is 10.2. The van der Waals surface area contributed by atoms with Crippen LogP contribution in [0.25, 0.3) is 0 Å². The van der Waals surface area contributed by atoms with Gasteiger partial charge in [-0.1, -0.05) is 29.3 Å². The second-order valence-corrected chi connectivity index (χ2v) is 5.44. The average molecular weight is 353 g/mol. The van der Waals surface area contributed by atoms with E-state index in [1.165, 1.54) is 0 Å². The van der Waals surface area contributed by atoms with Crippen LogP contribution >= 0.6 is 23.2 Å². The first-order valence-corrected chi connectivity index (χ1v) is 7.42. The summed E-state index contributed by atoms with van der Waals surface area (Å²) in [4.78, 5) is 23.6. The Kier molecular flexibility index (Phi) is 5.84. The third kappa shape index (κ3) is 4.87. The van der Waals surface area contributed by atoms with E-state index in [9.17, 15) is 9.59 Å². The van der Waals surface area contributed by atoms with Crippen molar-refractivity contribution < 1.29 is 14.3 Å². The molecule has 2 amide bonds. The number of carbonyl (C=O) groups excluding carboxylic acids is 2. The summed E-state index contributed by atoms with van der Waals surface area (Å²) < 4.78 is 5.01. The molecule has 23 heavy (non-hydrogen) atoms. The average Bonchev–Trinajstić information content (AvgIpc) is 2.54. The van der Waals surface area contributed by atoms with Crippen LogP contribution in [0, 0.1) is 0 Å². The molecule has 0 bridgehead atoms. The summed E-state index contributed by atoms with van der Waals surface area (Å²) in [5.41, 5.74) is 1.16. The molecule has 0 saturated heterocycles. The number of amides is 2. The van der Waals surface area contributed by atoms with Gasteiger partial charge in [-0.25, -0.2) is 0 Å². The van der Waals surface area contributed by atoms with Gasteiger partial charge in [0.15, 0.2) is 0 Å². The zero-order chi connectivity index (χ0) is 16.8. The number of anilines is 1. The van der Waals surface area contributed by atoms with Gasteiger partial charge in [0.2, 0.25) is 0 Å². The van der Waals surface area contributed by atoms with Gasteiger partial charge in [0.05, 0.1) is 7.11 Å². The van der Waals surface area contributed by atoms with Crippen molar-refractivity contribution in [1.82, 2.24) is 5.32 Å². The highest BCUT2D eigenvalue weighted by Crippen LogP contribution is 2.20. The Morgan fingerprint density at radius 1 is 1.04 bits per heavy atom. The van der Waals surface area contributed by atoms with Crippen molar-refractivity contribution in [2.45, 2.75) is 6.54 Å². The van der Waals surface area contributed by atoms with Crippen molar-refractivity contribution in [3.63, 3.8) is 0 Å². The van der Waals surface area contributed by atoms with Crippen molar-refractivity contribution in [2.24, 2.45) is 0 Å². The Labute approximate surface area is 143 Å². The quantitative estimate of drug-likeness (QED) is 0.830. The van der Waals surface area contributed by atoms with Crippen LogP contribution in [0.1, 0.15) is 5.56 Å². The van der Waals surface area contributed by atoms with Crippen LogP contribution in [0.5, 0.6) is 5.75 Å². The Morgan fingerprint density at radius 3 is 2.35 bits per heavy atom. The molecule has 2 aromatic carbocycles. The first kappa shape index (κ1) is 17.1. The van der Waals surface area contributed by atoms with E-state index < -0.39 is 11.8 Å². The lowest BCUT2D eigenvalue weighted by Crippen LogP contribution is -2.35. The SMILES string of the molecule is COc1ccc(NC(=O)C(=O)NCc2ccc(Cl)cc2Cl)cc1. The molecule has 5 nitrogen and oxygen atoms in total. The smallest absolute Gasteiger partial charge is 0.313 e. The van der Waals surface area contributed by atoms with Gasteiger partial charge >= 0.3 is 11.8 Å². The maximum Gasteiger partial charge on any atom is 0.313 e. The molecule has 0 aromatic heterocycles. The molecule has 120 valence electrons. The summed E-state index contributed by atoms with van der Waals surface area (Å²) in [5, 5.41) is 5.92. The maximum atomic E-state index is 11.8. The summed E-state index contributed by atoms with van der Waals surface area (Å²) in [6, 6.07) is 11.6. The molecule has 0 fully saturated rings. The normalized spacial score (nSPS) is 10.0. The van der Waals surface area contributed by atoms with E-state index in [4.69, 9.17) is 27.9 Å². The fourth-order valence-electron chi connectivity index (χ4n) is 1.78. The molecule has 0 saturated carbocycles. The van der Waals surface area contributed by atoms with Gasteiger partial charge in [-0.15, -0.1) is 0 Å². The number of hydrogen-bond acceptors (Lipinski definition) is 3. The van der Waals surface area contributed by atoms with Gasteiger partial charge in [0.25, 0.3) is 0 Å². The van der Waals surface area contributed by atoms with Crippen molar-refractivity contribution in [3.05, 3.63) is 58.1 Å². The summed E-state index contributed by atoms with van der Waals surface area (Å²) in [6.07, 6.45) is 0. The first-order valence-electron chi connectivity index (χ1n) is 6.67. The lowest BCUT2D eigenvalue weighted by molar-refractivity contribution is -0.136. The Balaban J connectivity index is 1.90. The molecule has 0 aliphatic heterocycles. The fourth-order valence-corrected chi connectivity index (χ4v) is 2.26. The van der Waals surface area contributed by atoms with E-state index in [-0.39, 0.29) is 6.54 Å². The number of halogens is 2. The van der Waals surface area contributed by atoms with E-state index in [1.807, 2.05) is 0 Å². The number of benzene rings is 2. The van der Waals surface area contributed by atoms with Gasteiger partial charge in [0.1, 0.15) is 5.75 Å². The molecular formula is C16H14Cl2N2O3. The molecule has 0 radical (unpaired) electrons. The molecule has 7 heteroatoms. The zero-order valence-electron chi connectivity index (χ0n) is 12.2. The van der Waals surface area contributed by atoms with Gasteiger partial charge in [-0.05, 0) is 42.0 Å². The molecular weight excluding hydrogens is 339 g/mol. The molecule has 0 aliphatic rings. The Bertz CT molecular complexity index is 718. The third-order valence-electron chi connectivity index (χ3n) is 3.01. The molecule has 2 aromatic rings. The first-order chi connectivity index (χ1) is 11.0.